The molecule has 0 saturated carbocycles. The van der Waals surface area contributed by atoms with Crippen LogP contribution in [0.5, 0.6) is 0 Å². The fourth-order valence-corrected chi connectivity index (χ4v) is 2.27. The molecule has 0 aliphatic rings. The van der Waals surface area contributed by atoms with Crippen LogP contribution in [-0.4, -0.2) is 16.0 Å². The van der Waals surface area contributed by atoms with E-state index in [0.717, 1.165) is 17.0 Å². The number of Topliss-reactive ketones (excluding diaryl/α,β-unsaturated/α-hetero) is 1. The topological polar surface area (TPSA) is 42.9 Å². The highest BCUT2D eigenvalue weighted by molar-refractivity contribution is 6.42. The number of carbonyl (C=O) groups is 1. The summed E-state index contributed by atoms with van der Waals surface area (Å²) in [5, 5.41) is 9.00. The molecule has 0 N–H and O–H groups in total. The zero-order valence-corrected chi connectivity index (χ0v) is 12.8. The molecule has 0 atom stereocenters. The first-order valence-electron chi connectivity index (χ1n) is 6.31. The van der Waals surface area contributed by atoms with Crippen molar-refractivity contribution in [2.45, 2.75) is 26.7 Å². The molecule has 0 spiro atoms. The van der Waals surface area contributed by atoms with Gasteiger partial charge in [-0.15, -0.1) is 0 Å². The lowest BCUT2D eigenvalue weighted by Gasteiger charge is -2.07. The number of aryl methyl sites for hydroxylation is 2. The van der Waals surface area contributed by atoms with Crippen LogP contribution < -0.4 is 0 Å². The predicted molar refractivity (Wildman–Crippen MR) is 80.6 cm³/mol. The van der Waals surface area contributed by atoms with Crippen molar-refractivity contribution < 1.29 is 4.79 Å². The molecule has 1 heterocycles. The lowest BCUT2D eigenvalue weighted by molar-refractivity contribution is 0.0991. The number of aromatic nitrogens is 2. The number of hydrogen-bond donors (Lipinski definition) is 0. The van der Waals surface area contributed by atoms with E-state index in [9.17, 15) is 4.79 Å². The number of hydrogen-bond acceptors (Lipinski definition) is 3. The summed E-state index contributed by atoms with van der Waals surface area (Å²) in [6.45, 7) is 3.78. The Kier molecular flexibility index (Phi) is 4.73. The summed E-state index contributed by atoms with van der Waals surface area (Å²) >= 11 is 11.8. The van der Waals surface area contributed by atoms with Gasteiger partial charge in [-0.2, -0.15) is 10.2 Å². The Labute approximate surface area is 127 Å². The summed E-state index contributed by atoms with van der Waals surface area (Å²) in [6.07, 6.45) is 0.949. The standard InChI is InChI=1S/C15H14Cl2N2O/c1-3-14-11(6-9(2)18-19-14)15(20)8-10-4-5-12(16)13(17)7-10/h4-7H,3,8H2,1-2H3. The van der Waals surface area contributed by atoms with Crippen LogP contribution >= 0.6 is 23.2 Å². The van der Waals surface area contributed by atoms with Gasteiger partial charge >= 0.3 is 0 Å². The highest BCUT2D eigenvalue weighted by Gasteiger charge is 2.14. The minimum absolute atomic E-state index is 0.0123. The van der Waals surface area contributed by atoms with Gasteiger partial charge in [0.2, 0.25) is 0 Å². The van der Waals surface area contributed by atoms with Crippen LogP contribution in [0.2, 0.25) is 10.0 Å². The molecule has 0 unspecified atom stereocenters. The monoisotopic (exact) mass is 308 g/mol. The smallest absolute Gasteiger partial charge is 0.169 e. The second kappa shape index (κ2) is 6.33. The average Bonchev–Trinajstić information content (AvgIpc) is 2.43. The molecule has 3 nitrogen and oxygen atoms in total. The molecule has 0 aliphatic heterocycles. The van der Waals surface area contributed by atoms with Crippen molar-refractivity contribution >= 4 is 29.0 Å². The van der Waals surface area contributed by atoms with E-state index in [-0.39, 0.29) is 12.2 Å². The SMILES string of the molecule is CCc1nnc(C)cc1C(=O)Cc1ccc(Cl)c(Cl)c1. The van der Waals surface area contributed by atoms with Gasteiger partial charge in [0, 0.05) is 12.0 Å². The molecular weight excluding hydrogens is 295 g/mol. The lowest BCUT2D eigenvalue weighted by atomic mass is 10.0. The third kappa shape index (κ3) is 3.35. The van der Waals surface area contributed by atoms with Gasteiger partial charge in [0.15, 0.2) is 5.78 Å². The number of rotatable bonds is 4. The van der Waals surface area contributed by atoms with Crippen molar-refractivity contribution in [1.82, 2.24) is 10.2 Å². The average molecular weight is 309 g/mol. The molecule has 0 fully saturated rings. The van der Waals surface area contributed by atoms with E-state index in [2.05, 4.69) is 10.2 Å². The molecule has 0 aliphatic carbocycles. The fraction of sp³-hybridized carbons (Fsp3) is 0.267. The first-order valence-corrected chi connectivity index (χ1v) is 7.07. The van der Waals surface area contributed by atoms with Crippen molar-refractivity contribution in [2.75, 3.05) is 0 Å². The maximum Gasteiger partial charge on any atom is 0.169 e. The number of ketones is 1. The Morgan fingerprint density at radius 3 is 2.55 bits per heavy atom. The highest BCUT2D eigenvalue weighted by atomic mass is 35.5. The Balaban J connectivity index is 2.27. The summed E-state index contributed by atoms with van der Waals surface area (Å²) in [6, 6.07) is 7.00. The second-order valence-corrected chi connectivity index (χ2v) is 5.36. The summed E-state index contributed by atoms with van der Waals surface area (Å²) in [5.41, 5.74) is 2.92. The lowest BCUT2D eigenvalue weighted by Crippen LogP contribution is -2.10. The molecule has 104 valence electrons. The largest absolute Gasteiger partial charge is 0.294 e. The van der Waals surface area contributed by atoms with E-state index in [1.165, 1.54) is 0 Å². The normalized spacial score (nSPS) is 10.6. The van der Waals surface area contributed by atoms with Crippen molar-refractivity contribution in [3.63, 3.8) is 0 Å². The van der Waals surface area contributed by atoms with Gasteiger partial charge in [-0.1, -0.05) is 36.2 Å². The second-order valence-electron chi connectivity index (χ2n) is 4.55. The van der Waals surface area contributed by atoms with Gasteiger partial charge in [-0.25, -0.2) is 0 Å². The number of carbonyl (C=O) groups excluding carboxylic acids is 1. The van der Waals surface area contributed by atoms with Crippen LogP contribution in [0.4, 0.5) is 0 Å². The molecular formula is C15H14Cl2N2O. The summed E-state index contributed by atoms with van der Waals surface area (Å²) in [5.74, 6) is 0.0123. The maximum absolute atomic E-state index is 12.4. The number of nitrogens with zero attached hydrogens (tertiary/aromatic N) is 2. The van der Waals surface area contributed by atoms with Crippen LogP contribution in [0.1, 0.15) is 34.2 Å². The van der Waals surface area contributed by atoms with E-state index in [1.807, 2.05) is 13.8 Å². The van der Waals surface area contributed by atoms with Gasteiger partial charge in [0.25, 0.3) is 0 Å². The van der Waals surface area contributed by atoms with E-state index in [0.29, 0.717) is 22.0 Å². The van der Waals surface area contributed by atoms with Gasteiger partial charge < -0.3 is 0 Å². The zero-order chi connectivity index (χ0) is 14.7. The molecule has 0 radical (unpaired) electrons. The molecule has 20 heavy (non-hydrogen) atoms. The molecule has 5 heteroatoms. The van der Waals surface area contributed by atoms with Crippen LogP contribution in [0.15, 0.2) is 24.3 Å². The molecule has 0 bridgehead atoms. The predicted octanol–water partition coefficient (Wildman–Crippen LogP) is 4.08. The molecule has 0 saturated heterocycles. The third-order valence-electron chi connectivity index (χ3n) is 2.98. The minimum atomic E-state index is 0.0123. The third-order valence-corrected chi connectivity index (χ3v) is 3.72. The van der Waals surface area contributed by atoms with Crippen molar-refractivity contribution in [3.05, 3.63) is 56.8 Å². The van der Waals surface area contributed by atoms with E-state index >= 15 is 0 Å². The Morgan fingerprint density at radius 2 is 1.90 bits per heavy atom. The fourth-order valence-electron chi connectivity index (χ4n) is 1.95. The molecule has 2 aromatic rings. The van der Waals surface area contributed by atoms with Crippen molar-refractivity contribution in [2.24, 2.45) is 0 Å². The number of halogens is 2. The Bertz CT molecular complexity index is 656. The van der Waals surface area contributed by atoms with Crippen molar-refractivity contribution in [3.8, 4) is 0 Å². The van der Waals surface area contributed by atoms with Crippen LogP contribution in [0.3, 0.4) is 0 Å². The molecule has 1 aromatic carbocycles. The van der Waals surface area contributed by atoms with Gasteiger partial charge in [-0.3, -0.25) is 4.79 Å². The van der Waals surface area contributed by atoms with Crippen LogP contribution in [0.25, 0.3) is 0 Å². The molecule has 2 rings (SSSR count). The van der Waals surface area contributed by atoms with Gasteiger partial charge in [0.1, 0.15) is 0 Å². The van der Waals surface area contributed by atoms with E-state index < -0.39 is 0 Å². The highest BCUT2D eigenvalue weighted by Crippen LogP contribution is 2.23. The molecule has 0 amide bonds. The van der Waals surface area contributed by atoms with Crippen LogP contribution in [0, 0.1) is 6.92 Å². The summed E-state index contributed by atoms with van der Waals surface area (Å²) in [7, 11) is 0. The zero-order valence-electron chi connectivity index (χ0n) is 11.3. The summed E-state index contributed by atoms with van der Waals surface area (Å²) in [4.78, 5) is 12.4. The first kappa shape index (κ1) is 14.9. The maximum atomic E-state index is 12.4. The van der Waals surface area contributed by atoms with Gasteiger partial charge in [0.05, 0.1) is 21.4 Å². The van der Waals surface area contributed by atoms with E-state index in [4.69, 9.17) is 23.2 Å². The number of benzene rings is 1. The molecule has 1 aromatic heterocycles. The van der Waals surface area contributed by atoms with Gasteiger partial charge in [-0.05, 0) is 37.1 Å². The van der Waals surface area contributed by atoms with Crippen molar-refractivity contribution in [1.29, 1.82) is 0 Å². The Hall–Kier alpha value is -1.45. The van der Waals surface area contributed by atoms with E-state index in [1.54, 1.807) is 24.3 Å². The quantitative estimate of drug-likeness (QED) is 0.799. The Morgan fingerprint density at radius 1 is 1.15 bits per heavy atom. The van der Waals surface area contributed by atoms with Crippen LogP contribution in [-0.2, 0) is 12.8 Å². The minimum Gasteiger partial charge on any atom is -0.294 e. The summed E-state index contributed by atoms with van der Waals surface area (Å²) < 4.78 is 0. The first-order chi connectivity index (χ1) is 9.51.